The van der Waals surface area contributed by atoms with E-state index in [0.717, 1.165) is 12.8 Å². The minimum atomic E-state index is -0.832. The second-order valence-electron chi connectivity index (χ2n) is 8.80. The van der Waals surface area contributed by atoms with Gasteiger partial charge < -0.3 is 20.9 Å². The van der Waals surface area contributed by atoms with E-state index in [1.54, 1.807) is 21.6 Å². The van der Waals surface area contributed by atoms with Gasteiger partial charge in [0.1, 0.15) is 17.6 Å². The molecule has 0 saturated carbocycles. The number of nitrogens with one attached hydrogen (secondary N) is 1. The van der Waals surface area contributed by atoms with Crippen LogP contribution in [0, 0.1) is 5.92 Å². The minimum absolute atomic E-state index is 0.0987. The predicted molar refractivity (Wildman–Crippen MR) is 118 cm³/mol. The van der Waals surface area contributed by atoms with Crippen LogP contribution in [0.2, 0.25) is 0 Å². The Morgan fingerprint density at radius 1 is 1.20 bits per heavy atom. The Balaban J connectivity index is 2.27. The number of carbonyl (C=O) groups is 4. The zero-order chi connectivity index (χ0) is 22.5. The third-order valence-corrected chi connectivity index (χ3v) is 6.81. The summed E-state index contributed by atoms with van der Waals surface area (Å²) in [6, 6.07) is -1.44. The molecule has 30 heavy (non-hydrogen) atoms. The van der Waals surface area contributed by atoms with Gasteiger partial charge in [0.15, 0.2) is 0 Å². The molecule has 2 fully saturated rings. The van der Waals surface area contributed by atoms with Crippen molar-refractivity contribution in [1.82, 2.24) is 15.1 Å². The number of thioether (sulfide) groups is 1. The van der Waals surface area contributed by atoms with Crippen molar-refractivity contribution in [2.75, 3.05) is 25.1 Å². The molecular formula is C21H36N4O4S. The van der Waals surface area contributed by atoms with E-state index in [4.69, 9.17) is 5.73 Å². The average molecular weight is 441 g/mol. The van der Waals surface area contributed by atoms with Gasteiger partial charge in [0.25, 0.3) is 0 Å². The van der Waals surface area contributed by atoms with Crippen molar-refractivity contribution in [2.24, 2.45) is 11.7 Å². The zero-order valence-corrected chi connectivity index (χ0v) is 19.4. The van der Waals surface area contributed by atoms with E-state index >= 15 is 0 Å². The molecule has 0 aromatic heterocycles. The smallest absolute Gasteiger partial charge is 0.249 e. The summed E-state index contributed by atoms with van der Waals surface area (Å²) in [5, 5.41) is 2.79. The Hall–Kier alpha value is -1.77. The van der Waals surface area contributed by atoms with Crippen molar-refractivity contribution >= 4 is 35.4 Å². The minimum Gasteiger partial charge on any atom is -0.368 e. The van der Waals surface area contributed by atoms with Gasteiger partial charge in [-0.2, -0.15) is 11.8 Å². The highest BCUT2D eigenvalue weighted by molar-refractivity contribution is 7.98. The first-order valence-electron chi connectivity index (χ1n) is 10.8. The van der Waals surface area contributed by atoms with E-state index in [1.165, 1.54) is 6.92 Å². The molecule has 2 saturated heterocycles. The molecule has 0 unspecified atom stereocenters. The summed E-state index contributed by atoms with van der Waals surface area (Å²) >= 11 is 1.58. The lowest BCUT2D eigenvalue weighted by molar-refractivity contribution is -0.159. The number of piperidine rings is 1. The largest absolute Gasteiger partial charge is 0.368 e. The number of primary amides is 1. The molecule has 170 valence electrons. The zero-order valence-electron chi connectivity index (χ0n) is 18.6. The third-order valence-electron chi connectivity index (χ3n) is 6.16. The lowest BCUT2D eigenvalue weighted by atomic mass is 9.83. The number of rotatable bonds is 9. The van der Waals surface area contributed by atoms with E-state index in [9.17, 15) is 19.2 Å². The number of likely N-dealkylation sites (tertiary alicyclic amines) is 2. The van der Waals surface area contributed by atoms with Crippen LogP contribution in [0.5, 0.6) is 0 Å². The van der Waals surface area contributed by atoms with Crippen molar-refractivity contribution in [3.05, 3.63) is 0 Å². The standard InChI is InChI=1S/C21H36N4O4S/c1-14(2)13-17(19(28)23-16(18(22)27)7-12-30-4)24-10-5-8-21(20(24)29)9-6-11-25(21)15(3)26/h14,16-17H,5-13H2,1-4H3,(H2,22,27)(H,23,28)/t16-,17-,21-/m0/s1. The van der Waals surface area contributed by atoms with E-state index in [-0.39, 0.29) is 23.6 Å². The molecule has 0 radical (unpaired) electrons. The van der Waals surface area contributed by atoms with Crippen LogP contribution in [-0.4, -0.2) is 76.1 Å². The number of hydrogen-bond acceptors (Lipinski definition) is 5. The van der Waals surface area contributed by atoms with Crippen molar-refractivity contribution in [3.8, 4) is 0 Å². The van der Waals surface area contributed by atoms with E-state index in [0.29, 0.717) is 44.5 Å². The fourth-order valence-electron chi connectivity index (χ4n) is 4.75. The second-order valence-corrected chi connectivity index (χ2v) is 9.78. The molecule has 3 atom stereocenters. The molecule has 4 amide bonds. The Bertz CT molecular complexity index is 671. The Kier molecular flexibility index (Phi) is 8.58. The van der Waals surface area contributed by atoms with Crippen LogP contribution < -0.4 is 11.1 Å². The first kappa shape index (κ1) is 24.5. The summed E-state index contributed by atoms with van der Waals surface area (Å²) in [7, 11) is 0. The quantitative estimate of drug-likeness (QED) is 0.558. The van der Waals surface area contributed by atoms with Gasteiger partial charge in [-0.15, -0.1) is 0 Å². The molecule has 2 aliphatic heterocycles. The van der Waals surface area contributed by atoms with Crippen LogP contribution in [-0.2, 0) is 19.2 Å². The molecule has 1 spiro atoms. The molecule has 2 aliphatic rings. The van der Waals surface area contributed by atoms with E-state index in [1.807, 2.05) is 20.1 Å². The van der Waals surface area contributed by atoms with Crippen LogP contribution in [0.1, 0.15) is 59.3 Å². The Morgan fingerprint density at radius 2 is 1.83 bits per heavy atom. The van der Waals surface area contributed by atoms with Crippen LogP contribution in [0.25, 0.3) is 0 Å². The van der Waals surface area contributed by atoms with Crippen molar-refractivity contribution in [1.29, 1.82) is 0 Å². The molecule has 8 nitrogen and oxygen atoms in total. The highest BCUT2D eigenvalue weighted by Crippen LogP contribution is 2.39. The number of amides is 4. The number of hydrogen-bond donors (Lipinski definition) is 2. The van der Waals surface area contributed by atoms with Gasteiger partial charge >= 0.3 is 0 Å². The highest BCUT2D eigenvalue weighted by atomic mass is 32.2. The third kappa shape index (κ3) is 5.28. The van der Waals surface area contributed by atoms with Gasteiger partial charge in [0, 0.05) is 20.0 Å². The van der Waals surface area contributed by atoms with Gasteiger partial charge in [-0.1, -0.05) is 13.8 Å². The summed E-state index contributed by atoms with van der Waals surface area (Å²) in [6.07, 6.45) is 5.66. The summed E-state index contributed by atoms with van der Waals surface area (Å²) < 4.78 is 0. The maximum Gasteiger partial charge on any atom is 0.249 e. The van der Waals surface area contributed by atoms with Gasteiger partial charge in [0.05, 0.1) is 0 Å². The number of nitrogens with two attached hydrogens (primary N) is 1. The lowest BCUT2D eigenvalue weighted by Gasteiger charge is -2.46. The Morgan fingerprint density at radius 3 is 2.37 bits per heavy atom. The molecule has 0 aromatic carbocycles. The number of carbonyl (C=O) groups excluding carboxylic acids is 4. The first-order chi connectivity index (χ1) is 14.1. The van der Waals surface area contributed by atoms with Gasteiger partial charge in [0.2, 0.25) is 23.6 Å². The lowest BCUT2D eigenvalue weighted by Crippen LogP contribution is -2.65. The molecule has 0 bridgehead atoms. The summed E-state index contributed by atoms with van der Waals surface area (Å²) in [6.45, 7) is 6.56. The maximum absolute atomic E-state index is 13.6. The summed E-state index contributed by atoms with van der Waals surface area (Å²) in [4.78, 5) is 54.2. The van der Waals surface area contributed by atoms with Crippen LogP contribution in [0.4, 0.5) is 0 Å². The van der Waals surface area contributed by atoms with Crippen molar-refractivity contribution in [2.45, 2.75) is 76.9 Å². The fourth-order valence-corrected chi connectivity index (χ4v) is 5.22. The second kappa shape index (κ2) is 10.5. The molecule has 0 aliphatic carbocycles. The van der Waals surface area contributed by atoms with Crippen molar-refractivity contribution in [3.63, 3.8) is 0 Å². The predicted octanol–water partition coefficient (Wildman–Crippen LogP) is 1.13. The van der Waals surface area contributed by atoms with Crippen LogP contribution in [0.15, 0.2) is 0 Å². The normalized spacial score (nSPS) is 23.7. The maximum atomic E-state index is 13.6. The van der Waals surface area contributed by atoms with Crippen LogP contribution >= 0.6 is 11.8 Å². The monoisotopic (exact) mass is 440 g/mol. The molecule has 0 aromatic rings. The van der Waals surface area contributed by atoms with Gasteiger partial charge in [-0.05, 0) is 56.5 Å². The van der Waals surface area contributed by atoms with Crippen molar-refractivity contribution < 1.29 is 19.2 Å². The Labute approximate surface area is 183 Å². The SMILES string of the molecule is CSCC[C@H](NC(=O)[C@H](CC(C)C)N1CCC[C@]2(CCCN2C(C)=O)C1=O)C(N)=O. The van der Waals surface area contributed by atoms with E-state index in [2.05, 4.69) is 5.32 Å². The topological polar surface area (TPSA) is 113 Å². The summed E-state index contributed by atoms with van der Waals surface area (Å²) in [5.41, 5.74) is 4.66. The molecule has 9 heteroatoms. The fraction of sp³-hybridized carbons (Fsp3) is 0.810. The van der Waals surface area contributed by atoms with E-state index < -0.39 is 23.5 Å². The van der Waals surface area contributed by atoms with Gasteiger partial charge in [-0.3, -0.25) is 19.2 Å². The molecular weight excluding hydrogens is 404 g/mol. The average Bonchev–Trinajstić information content (AvgIpc) is 3.10. The summed E-state index contributed by atoms with van der Waals surface area (Å²) in [5.74, 6) is -0.271. The molecule has 3 N–H and O–H groups in total. The highest BCUT2D eigenvalue weighted by Gasteiger charge is 2.53. The molecule has 2 rings (SSSR count). The molecule has 2 heterocycles. The van der Waals surface area contributed by atoms with Crippen LogP contribution in [0.3, 0.4) is 0 Å². The first-order valence-corrected chi connectivity index (χ1v) is 12.2. The number of nitrogens with zero attached hydrogens (tertiary/aromatic N) is 2. The van der Waals surface area contributed by atoms with Gasteiger partial charge in [-0.25, -0.2) is 0 Å².